The fourth-order valence-electron chi connectivity index (χ4n) is 0.584. The Hall–Kier alpha value is -0.610. The minimum atomic E-state index is -1.98. The Morgan fingerprint density at radius 3 is 3.00 bits per heavy atom. The molecule has 0 saturated carbocycles. The lowest BCUT2D eigenvalue weighted by Gasteiger charge is -2.00. The summed E-state index contributed by atoms with van der Waals surface area (Å²) in [6.07, 6.45) is 1.70. The van der Waals surface area contributed by atoms with E-state index in [1.165, 1.54) is 0 Å². The van der Waals surface area contributed by atoms with Crippen molar-refractivity contribution in [3.8, 4) is 0 Å². The van der Waals surface area contributed by atoms with Gasteiger partial charge in [0.05, 0.1) is 5.75 Å². The SMILES string of the molecule is O=S([O-])Cc1ccc[nH]1. The van der Waals surface area contributed by atoms with E-state index in [1.54, 1.807) is 18.3 Å². The third-order valence-electron chi connectivity index (χ3n) is 0.936. The zero-order valence-corrected chi connectivity index (χ0v) is 5.48. The van der Waals surface area contributed by atoms with Crippen molar-refractivity contribution in [3.05, 3.63) is 24.0 Å². The average molecular weight is 144 g/mol. The maximum Gasteiger partial charge on any atom is 0.0504 e. The molecule has 1 rings (SSSR count). The molecule has 1 unspecified atom stereocenters. The highest BCUT2D eigenvalue weighted by molar-refractivity contribution is 7.78. The van der Waals surface area contributed by atoms with Crippen LogP contribution in [0.3, 0.4) is 0 Å². The van der Waals surface area contributed by atoms with Gasteiger partial charge < -0.3 is 9.54 Å². The Morgan fingerprint density at radius 2 is 2.56 bits per heavy atom. The van der Waals surface area contributed by atoms with E-state index in [1.807, 2.05) is 0 Å². The number of aromatic amines is 1. The van der Waals surface area contributed by atoms with Crippen LogP contribution in [0.15, 0.2) is 18.3 Å². The second-order valence-electron chi connectivity index (χ2n) is 1.64. The van der Waals surface area contributed by atoms with Gasteiger partial charge in [0.15, 0.2) is 0 Å². The predicted octanol–water partition coefficient (Wildman–Crippen LogP) is 0.394. The van der Waals surface area contributed by atoms with Gasteiger partial charge in [-0.2, -0.15) is 0 Å². The largest absolute Gasteiger partial charge is 0.772 e. The molecule has 0 spiro atoms. The molecule has 0 aliphatic heterocycles. The fraction of sp³-hybridized carbons (Fsp3) is 0.200. The minimum absolute atomic E-state index is 0.0764. The number of H-pyrrole nitrogens is 1. The van der Waals surface area contributed by atoms with Crippen LogP contribution in [-0.4, -0.2) is 13.7 Å². The molecule has 50 valence electrons. The molecule has 1 atom stereocenters. The Bertz CT molecular complexity index is 195. The van der Waals surface area contributed by atoms with Crippen LogP contribution in [0, 0.1) is 0 Å². The highest BCUT2D eigenvalue weighted by Gasteiger charge is 1.88. The van der Waals surface area contributed by atoms with Gasteiger partial charge in [-0.25, -0.2) is 0 Å². The van der Waals surface area contributed by atoms with Crippen LogP contribution in [0.25, 0.3) is 0 Å². The van der Waals surface area contributed by atoms with Crippen LogP contribution in [0.2, 0.25) is 0 Å². The third-order valence-corrected chi connectivity index (χ3v) is 1.48. The second-order valence-corrected chi connectivity index (χ2v) is 2.54. The van der Waals surface area contributed by atoms with Gasteiger partial charge in [0, 0.05) is 11.9 Å². The van der Waals surface area contributed by atoms with Crippen molar-refractivity contribution in [1.29, 1.82) is 0 Å². The van der Waals surface area contributed by atoms with Crippen molar-refractivity contribution in [2.24, 2.45) is 0 Å². The second kappa shape index (κ2) is 2.80. The molecule has 9 heavy (non-hydrogen) atoms. The van der Waals surface area contributed by atoms with E-state index >= 15 is 0 Å². The first-order valence-corrected chi connectivity index (χ1v) is 3.71. The number of nitrogens with one attached hydrogen (secondary N) is 1. The Labute approximate surface area is 55.4 Å². The standard InChI is InChI=1S/C5H7NO2S/c7-9(8)4-5-2-1-3-6-5/h1-3,6H,4H2,(H,7,8)/p-1. The molecule has 0 bridgehead atoms. The predicted molar refractivity (Wildman–Crippen MR) is 33.4 cm³/mol. The van der Waals surface area contributed by atoms with E-state index < -0.39 is 11.1 Å². The first kappa shape index (κ1) is 6.51. The van der Waals surface area contributed by atoms with Crippen molar-refractivity contribution in [2.45, 2.75) is 5.75 Å². The van der Waals surface area contributed by atoms with Gasteiger partial charge in [-0.3, -0.25) is 4.21 Å². The molecule has 0 saturated heterocycles. The van der Waals surface area contributed by atoms with Gasteiger partial charge in [-0.15, -0.1) is 0 Å². The maximum atomic E-state index is 10.0. The fourth-order valence-corrected chi connectivity index (χ4v) is 1.02. The molecule has 0 aliphatic carbocycles. The van der Waals surface area contributed by atoms with Crippen LogP contribution < -0.4 is 0 Å². The third kappa shape index (κ3) is 1.99. The Balaban J connectivity index is 2.58. The normalized spacial score (nSPS) is 13.4. The summed E-state index contributed by atoms with van der Waals surface area (Å²) in [6, 6.07) is 3.50. The molecule has 0 aromatic carbocycles. The van der Waals surface area contributed by atoms with Crippen molar-refractivity contribution >= 4 is 11.1 Å². The van der Waals surface area contributed by atoms with Crippen molar-refractivity contribution < 1.29 is 8.76 Å². The van der Waals surface area contributed by atoms with Gasteiger partial charge in [0.2, 0.25) is 0 Å². The van der Waals surface area contributed by atoms with Gasteiger partial charge >= 0.3 is 0 Å². The molecule has 1 heterocycles. The first-order chi connectivity index (χ1) is 4.29. The van der Waals surface area contributed by atoms with Gasteiger partial charge in [0.25, 0.3) is 0 Å². The van der Waals surface area contributed by atoms with E-state index in [4.69, 9.17) is 0 Å². The molecule has 4 heteroatoms. The highest BCUT2D eigenvalue weighted by Crippen LogP contribution is 1.96. The average Bonchev–Trinajstić information content (AvgIpc) is 2.15. The lowest BCUT2D eigenvalue weighted by atomic mass is 10.5. The first-order valence-electron chi connectivity index (χ1n) is 2.47. The topological polar surface area (TPSA) is 55.9 Å². The summed E-state index contributed by atoms with van der Waals surface area (Å²) in [4.78, 5) is 2.78. The molecule has 0 aliphatic rings. The van der Waals surface area contributed by atoms with Crippen molar-refractivity contribution in [1.82, 2.24) is 4.98 Å². The quantitative estimate of drug-likeness (QED) is 0.610. The van der Waals surface area contributed by atoms with Crippen LogP contribution in [0.4, 0.5) is 0 Å². The van der Waals surface area contributed by atoms with Crippen molar-refractivity contribution in [2.75, 3.05) is 0 Å². The monoisotopic (exact) mass is 144 g/mol. The van der Waals surface area contributed by atoms with Crippen LogP contribution in [0.5, 0.6) is 0 Å². The molecular weight excluding hydrogens is 138 g/mol. The maximum absolute atomic E-state index is 10.0. The highest BCUT2D eigenvalue weighted by atomic mass is 32.2. The van der Waals surface area contributed by atoms with Gasteiger partial charge in [-0.1, -0.05) is 0 Å². The summed E-state index contributed by atoms with van der Waals surface area (Å²) in [7, 11) is 0. The molecule has 0 fully saturated rings. The summed E-state index contributed by atoms with van der Waals surface area (Å²) in [6.45, 7) is 0. The van der Waals surface area contributed by atoms with E-state index in [2.05, 4.69) is 4.98 Å². The van der Waals surface area contributed by atoms with Crippen LogP contribution in [0.1, 0.15) is 5.69 Å². The van der Waals surface area contributed by atoms with Crippen LogP contribution in [-0.2, 0) is 16.8 Å². The Morgan fingerprint density at radius 1 is 1.78 bits per heavy atom. The molecule has 0 radical (unpaired) electrons. The molecule has 1 aromatic heterocycles. The summed E-state index contributed by atoms with van der Waals surface area (Å²) in [5, 5.41) is 0. The lowest BCUT2D eigenvalue weighted by Crippen LogP contribution is -1.92. The smallest absolute Gasteiger partial charge is 0.0504 e. The summed E-state index contributed by atoms with van der Waals surface area (Å²) in [5.41, 5.74) is 0.725. The number of hydrogen-bond donors (Lipinski definition) is 1. The van der Waals surface area contributed by atoms with E-state index in [0.29, 0.717) is 0 Å². The lowest BCUT2D eigenvalue weighted by molar-refractivity contribution is 0.535. The van der Waals surface area contributed by atoms with E-state index in [0.717, 1.165) is 5.69 Å². The van der Waals surface area contributed by atoms with Gasteiger partial charge in [-0.05, 0) is 23.2 Å². The zero-order chi connectivity index (χ0) is 6.69. The zero-order valence-electron chi connectivity index (χ0n) is 4.66. The molecule has 1 N–H and O–H groups in total. The van der Waals surface area contributed by atoms with E-state index in [9.17, 15) is 8.76 Å². The Kier molecular flexibility index (Phi) is 2.02. The number of hydrogen-bond acceptors (Lipinski definition) is 2. The molecule has 1 aromatic rings. The van der Waals surface area contributed by atoms with Gasteiger partial charge in [0.1, 0.15) is 0 Å². The van der Waals surface area contributed by atoms with Crippen LogP contribution >= 0.6 is 0 Å². The minimum Gasteiger partial charge on any atom is -0.772 e. The summed E-state index contributed by atoms with van der Waals surface area (Å²) in [5.74, 6) is 0.0764. The molecule has 3 nitrogen and oxygen atoms in total. The van der Waals surface area contributed by atoms with Crippen molar-refractivity contribution in [3.63, 3.8) is 0 Å². The number of aromatic nitrogens is 1. The van der Waals surface area contributed by atoms with E-state index in [-0.39, 0.29) is 5.75 Å². The summed E-state index contributed by atoms with van der Waals surface area (Å²) >= 11 is -1.98. The molecule has 0 amide bonds. The summed E-state index contributed by atoms with van der Waals surface area (Å²) < 4.78 is 20.1. The molecular formula is C5H6NO2S-. The number of rotatable bonds is 2.